The molecule has 0 amide bonds. The van der Waals surface area contributed by atoms with Crippen molar-refractivity contribution in [2.24, 2.45) is 0 Å². The van der Waals surface area contributed by atoms with E-state index in [1.54, 1.807) is 18.4 Å². The van der Waals surface area contributed by atoms with Crippen LogP contribution in [0.25, 0.3) is 10.9 Å². The fourth-order valence-electron chi connectivity index (χ4n) is 5.01. The van der Waals surface area contributed by atoms with E-state index in [0.29, 0.717) is 12.1 Å². The van der Waals surface area contributed by atoms with Crippen molar-refractivity contribution < 1.29 is 4.74 Å². The van der Waals surface area contributed by atoms with Gasteiger partial charge in [0.15, 0.2) is 0 Å². The molecule has 1 saturated heterocycles. The first-order valence-electron chi connectivity index (χ1n) is 9.56. The summed E-state index contributed by atoms with van der Waals surface area (Å²) in [6, 6.07) is 12.1. The molecule has 26 heavy (non-hydrogen) atoms. The van der Waals surface area contributed by atoms with E-state index in [4.69, 9.17) is 4.74 Å². The van der Waals surface area contributed by atoms with Crippen molar-refractivity contribution >= 4 is 10.9 Å². The van der Waals surface area contributed by atoms with Crippen LogP contribution in [0.1, 0.15) is 35.7 Å². The maximum absolute atomic E-state index is 5.53. The van der Waals surface area contributed by atoms with E-state index in [-0.39, 0.29) is 0 Å². The van der Waals surface area contributed by atoms with Crippen LogP contribution in [0.4, 0.5) is 0 Å². The maximum Gasteiger partial charge on any atom is 0.119 e. The number of methoxy groups -OCH3 is 1. The van der Waals surface area contributed by atoms with Gasteiger partial charge in [-0.2, -0.15) is 0 Å². The van der Waals surface area contributed by atoms with Crippen LogP contribution in [0.15, 0.2) is 42.7 Å². The molecule has 2 unspecified atom stereocenters. The van der Waals surface area contributed by atoms with Gasteiger partial charge >= 0.3 is 0 Å². The quantitative estimate of drug-likeness (QED) is 0.715. The number of hydrogen-bond donors (Lipinski definition) is 0. The third kappa shape index (κ3) is 2.36. The third-order valence-electron chi connectivity index (χ3n) is 6.40. The zero-order valence-corrected chi connectivity index (χ0v) is 15.5. The zero-order valence-electron chi connectivity index (χ0n) is 15.5. The fourth-order valence-corrected chi connectivity index (χ4v) is 5.01. The molecular weight excluding hydrogens is 322 g/mol. The van der Waals surface area contributed by atoms with E-state index in [1.807, 2.05) is 12.4 Å². The van der Waals surface area contributed by atoms with E-state index < -0.39 is 0 Å². The predicted octanol–water partition coefficient (Wildman–Crippen LogP) is 3.98. The van der Waals surface area contributed by atoms with Crippen LogP contribution >= 0.6 is 0 Å². The second-order valence-corrected chi connectivity index (χ2v) is 7.62. The SMILES string of the molecule is COc1ccc2c(c1)c1c(n2CCc2ccncc2)CC2CCC1N2C. The fraction of sp³-hybridized carbons (Fsp3) is 0.409. The molecule has 4 heterocycles. The van der Waals surface area contributed by atoms with Crippen LogP contribution in [0.5, 0.6) is 5.75 Å². The van der Waals surface area contributed by atoms with E-state index in [0.717, 1.165) is 25.1 Å². The summed E-state index contributed by atoms with van der Waals surface area (Å²) < 4.78 is 8.10. The highest BCUT2D eigenvalue weighted by Gasteiger charge is 2.40. The molecule has 0 saturated carbocycles. The topological polar surface area (TPSA) is 30.3 Å². The Bertz CT molecular complexity index is 947. The summed E-state index contributed by atoms with van der Waals surface area (Å²) in [6.07, 6.45) is 8.56. The lowest BCUT2D eigenvalue weighted by Crippen LogP contribution is -2.34. The van der Waals surface area contributed by atoms with E-state index >= 15 is 0 Å². The van der Waals surface area contributed by atoms with E-state index in [1.165, 1.54) is 29.3 Å². The summed E-state index contributed by atoms with van der Waals surface area (Å²) in [5, 5.41) is 1.38. The first-order chi connectivity index (χ1) is 12.8. The molecule has 2 aliphatic rings. The van der Waals surface area contributed by atoms with Gasteiger partial charge in [0.2, 0.25) is 0 Å². The van der Waals surface area contributed by atoms with Gasteiger partial charge in [-0.1, -0.05) is 0 Å². The van der Waals surface area contributed by atoms with Gasteiger partial charge in [-0.05, 0) is 67.8 Å². The molecule has 0 N–H and O–H groups in total. The average molecular weight is 347 g/mol. The zero-order chi connectivity index (χ0) is 17.7. The molecular formula is C22H25N3O. The van der Waals surface area contributed by atoms with Crippen molar-refractivity contribution in [1.29, 1.82) is 0 Å². The number of fused-ring (bicyclic) bond motifs is 6. The van der Waals surface area contributed by atoms with E-state index in [9.17, 15) is 0 Å². The second-order valence-electron chi connectivity index (χ2n) is 7.62. The molecule has 2 atom stereocenters. The highest BCUT2D eigenvalue weighted by molar-refractivity contribution is 5.88. The van der Waals surface area contributed by atoms with Crippen molar-refractivity contribution in [2.45, 2.75) is 44.3 Å². The summed E-state index contributed by atoms with van der Waals surface area (Å²) in [5.74, 6) is 0.953. The number of pyridine rings is 1. The Labute approximate surface area is 154 Å². The van der Waals surface area contributed by atoms with Crippen LogP contribution in [0.3, 0.4) is 0 Å². The van der Waals surface area contributed by atoms with Crippen molar-refractivity contribution in [3.8, 4) is 5.75 Å². The normalized spacial score (nSPS) is 21.9. The molecule has 5 rings (SSSR count). The number of aryl methyl sites for hydroxylation is 2. The average Bonchev–Trinajstić information content (AvgIpc) is 3.10. The smallest absolute Gasteiger partial charge is 0.119 e. The van der Waals surface area contributed by atoms with Crippen molar-refractivity contribution in [1.82, 2.24) is 14.5 Å². The summed E-state index contributed by atoms with van der Waals surface area (Å²) in [6.45, 7) is 1.02. The summed E-state index contributed by atoms with van der Waals surface area (Å²) >= 11 is 0. The maximum atomic E-state index is 5.53. The molecule has 1 aromatic carbocycles. The Hall–Kier alpha value is -2.33. The molecule has 3 aromatic rings. The van der Waals surface area contributed by atoms with Gasteiger partial charge in [-0.3, -0.25) is 9.88 Å². The number of likely N-dealkylation sites (N-methyl/N-ethyl adjacent to an activating group) is 1. The van der Waals surface area contributed by atoms with Gasteiger partial charge in [0.1, 0.15) is 5.75 Å². The minimum Gasteiger partial charge on any atom is -0.497 e. The molecule has 0 spiro atoms. The van der Waals surface area contributed by atoms with E-state index in [2.05, 4.69) is 51.8 Å². The van der Waals surface area contributed by atoms with Crippen LogP contribution in [-0.2, 0) is 19.4 Å². The van der Waals surface area contributed by atoms with Gasteiger partial charge in [0.25, 0.3) is 0 Å². The molecule has 2 aliphatic heterocycles. The largest absolute Gasteiger partial charge is 0.497 e. The van der Waals surface area contributed by atoms with Crippen molar-refractivity contribution in [3.63, 3.8) is 0 Å². The van der Waals surface area contributed by atoms with Crippen LogP contribution in [0, 0.1) is 0 Å². The first-order valence-corrected chi connectivity index (χ1v) is 9.56. The van der Waals surface area contributed by atoms with Gasteiger partial charge in [-0.25, -0.2) is 0 Å². The lowest BCUT2D eigenvalue weighted by atomic mass is 9.97. The van der Waals surface area contributed by atoms with Crippen molar-refractivity contribution in [2.75, 3.05) is 14.2 Å². The lowest BCUT2D eigenvalue weighted by molar-refractivity contribution is 0.222. The monoisotopic (exact) mass is 347 g/mol. The lowest BCUT2D eigenvalue weighted by Gasteiger charge is -2.32. The Kier molecular flexibility index (Phi) is 3.75. The Balaban J connectivity index is 1.62. The molecule has 2 aromatic heterocycles. The van der Waals surface area contributed by atoms with Crippen molar-refractivity contribution in [3.05, 3.63) is 59.5 Å². The third-order valence-corrected chi connectivity index (χ3v) is 6.40. The number of benzene rings is 1. The number of aromatic nitrogens is 2. The number of rotatable bonds is 4. The van der Waals surface area contributed by atoms with Gasteiger partial charge < -0.3 is 9.30 Å². The molecule has 2 bridgehead atoms. The number of nitrogens with zero attached hydrogens (tertiary/aromatic N) is 3. The summed E-state index contributed by atoms with van der Waals surface area (Å²) in [7, 11) is 4.05. The molecule has 0 radical (unpaired) electrons. The number of hydrogen-bond acceptors (Lipinski definition) is 3. The minimum absolute atomic E-state index is 0.556. The van der Waals surface area contributed by atoms with Crippen LogP contribution in [0.2, 0.25) is 0 Å². The number of ether oxygens (including phenoxy) is 1. The second kappa shape index (κ2) is 6.13. The molecule has 4 nitrogen and oxygen atoms in total. The molecule has 1 fully saturated rings. The standard InChI is InChI=1S/C22H25N3O/c1-24-16-3-5-20(24)22-18-14-17(26-2)4-6-19(18)25(21(22)13-16)12-9-15-7-10-23-11-8-15/h4,6-8,10-11,14,16,20H,3,5,9,12-13H2,1-2H3. The molecule has 134 valence electrons. The highest BCUT2D eigenvalue weighted by Crippen LogP contribution is 2.47. The van der Waals surface area contributed by atoms with Gasteiger partial charge in [-0.15, -0.1) is 0 Å². The molecule has 0 aliphatic carbocycles. The first kappa shape index (κ1) is 15.9. The summed E-state index contributed by atoms with van der Waals surface area (Å²) in [4.78, 5) is 6.73. The Morgan fingerprint density at radius 2 is 2.00 bits per heavy atom. The Morgan fingerprint density at radius 3 is 2.81 bits per heavy atom. The van der Waals surface area contributed by atoms with Crippen LogP contribution in [-0.4, -0.2) is 34.7 Å². The molecule has 4 heteroatoms. The minimum atomic E-state index is 0.556. The van der Waals surface area contributed by atoms with Gasteiger partial charge in [0, 0.05) is 54.0 Å². The van der Waals surface area contributed by atoms with Crippen LogP contribution < -0.4 is 4.74 Å². The summed E-state index contributed by atoms with van der Waals surface area (Å²) in [5.41, 5.74) is 5.80. The Morgan fingerprint density at radius 1 is 1.15 bits per heavy atom. The highest BCUT2D eigenvalue weighted by atomic mass is 16.5. The van der Waals surface area contributed by atoms with Gasteiger partial charge in [0.05, 0.1) is 7.11 Å². The predicted molar refractivity (Wildman–Crippen MR) is 104 cm³/mol.